The van der Waals surface area contributed by atoms with Crippen molar-refractivity contribution in [3.63, 3.8) is 0 Å². The van der Waals surface area contributed by atoms with Gasteiger partial charge in [0.05, 0.1) is 0 Å². The fourth-order valence-electron chi connectivity index (χ4n) is 3.81. The van der Waals surface area contributed by atoms with Crippen molar-refractivity contribution in [3.8, 4) is 0 Å². The third-order valence-electron chi connectivity index (χ3n) is 5.35. The molecule has 2 amide bonds. The van der Waals surface area contributed by atoms with E-state index in [9.17, 15) is 9.59 Å². The fourth-order valence-corrected chi connectivity index (χ4v) is 3.81. The van der Waals surface area contributed by atoms with Gasteiger partial charge < -0.3 is 15.0 Å². The van der Waals surface area contributed by atoms with Crippen molar-refractivity contribution < 1.29 is 14.3 Å². The van der Waals surface area contributed by atoms with Crippen LogP contribution >= 0.6 is 0 Å². The first kappa shape index (κ1) is 17.7. The average molecular weight is 364 g/mol. The zero-order valence-electron chi connectivity index (χ0n) is 15.7. The maximum absolute atomic E-state index is 12.8. The Labute approximate surface area is 159 Å². The van der Waals surface area contributed by atoms with Crippen molar-refractivity contribution in [1.29, 1.82) is 0 Å². The molecule has 0 saturated carbocycles. The van der Waals surface area contributed by atoms with E-state index < -0.39 is 0 Å². The highest BCUT2D eigenvalue weighted by molar-refractivity contribution is 6.06. The van der Waals surface area contributed by atoms with Gasteiger partial charge in [-0.1, -0.05) is 23.8 Å². The van der Waals surface area contributed by atoms with E-state index in [2.05, 4.69) is 5.32 Å². The van der Waals surface area contributed by atoms with Crippen molar-refractivity contribution >= 4 is 23.2 Å². The van der Waals surface area contributed by atoms with Crippen LogP contribution in [-0.4, -0.2) is 31.1 Å². The molecule has 1 N–H and O–H groups in total. The number of anilines is 2. The van der Waals surface area contributed by atoms with Gasteiger partial charge in [0, 0.05) is 30.1 Å². The smallest absolute Gasteiger partial charge is 0.256 e. The minimum absolute atomic E-state index is 0.0317. The summed E-state index contributed by atoms with van der Waals surface area (Å²) in [7, 11) is 0. The third-order valence-corrected chi connectivity index (χ3v) is 5.35. The Hall–Kier alpha value is -2.66. The van der Waals surface area contributed by atoms with Crippen LogP contribution in [0.5, 0.6) is 0 Å². The molecule has 2 aromatic rings. The summed E-state index contributed by atoms with van der Waals surface area (Å²) in [4.78, 5) is 27.3. The molecule has 5 nitrogen and oxygen atoms in total. The van der Waals surface area contributed by atoms with Crippen LogP contribution in [-0.2, 0) is 16.0 Å². The maximum atomic E-state index is 12.8. The summed E-state index contributed by atoms with van der Waals surface area (Å²) in [6.07, 6.45) is 2.22. The monoisotopic (exact) mass is 364 g/mol. The van der Waals surface area contributed by atoms with Crippen LogP contribution in [0.25, 0.3) is 0 Å². The van der Waals surface area contributed by atoms with Crippen molar-refractivity contribution in [3.05, 3.63) is 58.7 Å². The average Bonchev–Trinajstić information content (AvgIpc) is 3.32. The van der Waals surface area contributed by atoms with E-state index >= 15 is 0 Å². The molecule has 2 heterocycles. The number of fused-ring (bicyclic) bond motifs is 1. The Morgan fingerprint density at radius 3 is 2.78 bits per heavy atom. The van der Waals surface area contributed by atoms with E-state index in [0.29, 0.717) is 24.4 Å². The van der Waals surface area contributed by atoms with Crippen LogP contribution in [0.15, 0.2) is 36.4 Å². The molecular formula is C22H24N2O3. The van der Waals surface area contributed by atoms with Gasteiger partial charge in [-0.15, -0.1) is 0 Å². The van der Waals surface area contributed by atoms with Gasteiger partial charge >= 0.3 is 0 Å². The Morgan fingerprint density at radius 2 is 2.00 bits per heavy atom. The number of amides is 2. The summed E-state index contributed by atoms with van der Waals surface area (Å²) >= 11 is 0. The highest BCUT2D eigenvalue weighted by atomic mass is 16.5. The van der Waals surface area contributed by atoms with Crippen LogP contribution in [0, 0.1) is 13.8 Å². The Bertz CT molecular complexity index is 900. The molecule has 1 saturated heterocycles. The van der Waals surface area contributed by atoms with Gasteiger partial charge in [0.2, 0.25) is 0 Å². The SMILES string of the molecule is Cc1ccc(C)c(C(=O)Nc2ccc3c(c2)N(C(=O)C2CCCO2)CC3)c1. The van der Waals surface area contributed by atoms with Crippen molar-refractivity contribution in [2.24, 2.45) is 0 Å². The van der Waals surface area contributed by atoms with Crippen LogP contribution in [0.3, 0.4) is 0 Å². The number of hydrogen-bond acceptors (Lipinski definition) is 3. The number of nitrogens with zero attached hydrogens (tertiary/aromatic N) is 1. The molecule has 2 aliphatic rings. The van der Waals surface area contributed by atoms with Gasteiger partial charge in [0.1, 0.15) is 6.10 Å². The summed E-state index contributed by atoms with van der Waals surface area (Å²) in [6.45, 7) is 5.23. The second-order valence-corrected chi connectivity index (χ2v) is 7.36. The molecule has 0 bridgehead atoms. The van der Waals surface area contributed by atoms with Crippen LogP contribution in [0.1, 0.15) is 39.9 Å². The van der Waals surface area contributed by atoms with E-state index in [1.54, 1.807) is 4.90 Å². The third kappa shape index (κ3) is 3.47. The van der Waals surface area contributed by atoms with E-state index in [0.717, 1.165) is 41.6 Å². The summed E-state index contributed by atoms with van der Waals surface area (Å²) in [5.74, 6) is -0.101. The molecule has 5 heteroatoms. The van der Waals surface area contributed by atoms with E-state index in [4.69, 9.17) is 4.74 Å². The minimum Gasteiger partial charge on any atom is -0.368 e. The number of ether oxygens (including phenoxy) is 1. The van der Waals surface area contributed by atoms with Crippen molar-refractivity contribution in [1.82, 2.24) is 0 Å². The predicted molar refractivity (Wildman–Crippen MR) is 105 cm³/mol. The molecule has 4 rings (SSSR count). The number of aryl methyl sites for hydroxylation is 2. The topological polar surface area (TPSA) is 58.6 Å². The predicted octanol–water partition coefficient (Wildman–Crippen LogP) is 3.62. The molecule has 2 aliphatic heterocycles. The standard InChI is InChI=1S/C22H24N2O3/c1-14-5-6-15(2)18(12-14)21(25)23-17-8-7-16-9-10-24(19(16)13-17)22(26)20-4-3-11-27-20/h5-8,12-13,20H,3-4,9-11H2,1-2H3,(H,23,25). The van der Waals surface area contributed by atoms with Crippen molar-refractivity contribution in [2.45, 2.75) is 39.2 Å². The normalized spacial score (nSPS) is 18.4. The molecule has 0 spiro atoms. The second kappa shape index (κ2) is 7.16. The molecule has 0 radical (unpaired) electrons. The van der Waals surface area contributed by atoms with Crippen LogP contribution in [0.4, 0.5) is 11.4 Å². The molecular weight excluding hydrogens is 340 g/mol. The molecule has 1 fully saturated rings. The number of rotatable bonds is 3. The van der Waals surface area contributed by atoms with Gasteiger partial charge in [0.15, 0.2) is 0 Å². The minimum atomic E-state index is -0.329. The first-order chi connectivity index (χ1) is 13.0. The van der Waals surface area contributed by atoms with Gasteiger partial charge in [-0.25, -0.2) is 0 Å². The lowest BCUT2D eigenvalue weighted by molar-refractivity contribution is -0.127. The van der Waals surface area contributed by atoms with Gasteiger partial charge in [0.25, 0.3) is 11.8 Å². The highest BCUT2D eigenvalue weighted by Gasteiger charge is 2.32. The summed E-state index contributed by atoms with van der Waals surface area (Å²) < 4.78 is 5.56. The number of carbonyl (C=O) groups excluding carboxylic acids is 2. The first-order valence-corrected chi connectivity index (χ1v) is 9.47. The van der Waals surface area contributed by atoms with Gasteiger partial charge in [-0.2, -0.15) is 0 Å². The zero-order chi connectivity index (χ0) is 19.0. The van der Waals surface area contributed by atoms with Crippen LogP contribution < -0.4 is 10.2 Å². The molecule has 0 aromatic heterocycles. The molecule has 1 atom stereocenters. The van der Waals surface area contributed by atoms with E-state index in [-0.39, 0.29) is 17.9 Å². The number of benzene rings is 2. The molecule has 2 aromatic carbocycles. The van der Waals surface area contributed by atoms with Crippen molar-refractivity contribution in [2.75, 3.05) is 23.4 Å². The lowest BCUT2D eigenvalue weighted by Gasteiger charge is -2.21. The molecule has 27 heavy (non-hydrogen) atoms. The molecule has 0 aliphatic carbocycles. The lowest BCUT2D eigenvalue weighted by Crippen LogP contribution is -2.37. The highest BCUT2D eigenvalue weighted by Crippen LogP contribution is 2.32. The van der Waals surface area contributed by atoms with E-state index in [1.165, 1.54) is 0 Å². The number of carbonyl (C=O) groups is 2. The molecule has 1 unspecified atom stereocenters. The van der Waals surface area contributed by atoms with E-state index in [1.807, 2.05) is 50.2 Å². The lowest BCUT2D eigenvalue weighted by atomic mass is 10.0. The first-order valence-electron chi connectivity index (χ1n) is 9.47. The van der Waals surface area contributed by atoms with Gasteiger partial charge in [-0.05, 0) is 62.4 Å². The van der Waals surface area contributed by atoms with Crippen LogP contribution in [0.2, 0.25) is 0 Å². The summed E-state index contributed by atoms with van der Waals surface area (Å²) in [5.41, 5.74) is 5.37. The maximum Gasteiger partial charge on any atom is 0.256 e. The number of nitrogens with one attached hydrogen (secondary N) is 1. The zero-order valence-corrected chi connectivity index (χ0v) is 15.7. The fraction of sp³-hybridized carbons (Fsp3) is 0.364. The summed E-state index contributed by atoms with van der Waals surface area (Å²) in [6, 6.07) is 11.6. The second-order valence-electron chi connectivity index (χ2n) is 7.36. The summed E-state index contributed by atoms with van der Waals surface area (Å²) in [5, 5.41) is 2.98. The molecule has 140 valence electrons. The number of hydrogen-bond donors (Lipinski definition) is 1. The Kier molecular flexibility index (Phi) is 4.70. The Balaban J connectivity index is 1.55. The van der Waals surface area contributed by atoms with Gasteiger partial charge in [-0.3, -0.25) is 9.59 Å². The Morgan fingerprint density at radius 1 is 1.15 bits per heavy atom. The quantitative estimate of drug-likeness (QED) is 0.905. The largest absolute Gasteiger partial charge is 0.368 e.